The summed E-state index contributed by atoms with van der Waals surface area (Å²) >= 11 is 0. The highest BCUT2D eigenvalue weighted by Crippen LogP contribution is 2.36. The topological polar surface area (TPSA) is 91.4 Å². The zero-order valence-corrected chi connectivity index (χ0v) is 24.2. The van der Waals surface area contributed by atoms with E-state index in [-0.39, 0.29) is 5.25 Å². The van der Waals surface area contributed by atoms with Crippen molar-refractivity contribution in [3.63, 3.8) is 0 Å². The van der Waals surface area contributed by atoms with Crippen molar-refractivity contribution in [2.45, 2.75) is 55.7 Å². The molecule has 2 unspecified atom stereocenters. The number of hydrogen-bond acceptors (Lipinski definition) is 8. The normalized spacial score (nSPS) is 17.4. The number of nitrogens with zero attached hydrogens (tertiary/aromatic N) is 3. The Balaban J connectivity index is 1.42. The van der Waals surface area contributed by atoms with E-state index in [1.54, 1.807) is 7.11 Å². The molecule has 5 rings (SSSR count). The summed E-state index contributed by atoms with van der Waals surface area (Å²) in [6, 6.07) is 14.6. The van der Waals surface area contributed by atoms with Crippen LogP contribution >= 0.6 is 0 Å². The van der Waals surface area contributed by atoms with E-state index in [0.29, 0.717) is 17.8 Å². The zero-order chi connectivity index (χ0) is 27.5. The van der Waals surface area contributed by atoms with E-state index >= 15 is 0 Å². The van der Waals surface area contributed by atoms with Gasteiger partial charge in [-0.05, 0) is 75.2 Å². The van der Waals surface area contributed by atoms with Crippen LogP contribution in [0.5, 0.6) is 5.75 Å². The molecule has 1 aromatic heterocycles. The first-order valence-corrected chi connectivity index (χ1v) is 14.8. The molecular formula is C30H38N6O2S. The summed E-state index contributed by atoms with van der Waals surface area (Å²) in [5, 5.41) is 10.2. The molecule has 0 saturated heterocycles. The Morgan fingerprint density at radius 3 is 2.62 bits per heavy atom. The molecule has 2 aromatic carbocycles. The maximum Gasteiger partial charge on any atom is 0.231 e. The first kappa shape index (κ1) is 27.1. The van der Waals surface area contributed by atoms with Crippen LogP contribution in [0.3, 0.4) is 0 Å². The van der Waals surface area contributed by atoms with Gasteiger partial charge < -0.3 is 25.6 Å². The third kappa shape index (κ3) is 5.94. The van der Waals surface area contributed by atoms with Gasteiger partial charge in [0.2, 0.25) is 5.95 Å². The van der Waals surface area contributed by atoms with Gasteiger partial charge in [0.25, 0.3) is 0 Å². The molecule has 2 atom stereocenters. The highest BCUT2D eigenvalue weighted by Gasteiger charge is 2.22. The van der Waals surface area contributed by atoms with Gasteiger partial charge in [0.15, 0.2) is 0 Å². The zero-order valence-electron chi connectivity index (χ0n) is 23.4. The number of methoxy groups -OCH3 is 1. The molecule has 0 fully saturated rings. The van der Waals surface area contributed by atoms with E-state index < -0.39 is 10.8 Å². The molecule has 0 saturated carbocycles. The van der Waals surface area contributed by atoms with Crippen LogP contribution in [0.1, 0.15) is 44.2 Å². The summed E-state index contributed by atoms with van der Waals surface area (Å²) in [4.78, 5) is 12.7. The molecule has 9 heteroatoms. The lowest BCUT2D eigenvalue weighted by molar-refractivity contribution is 0.277. The van der Waals surface area contributed by atoms with E-state index in [2.05, 4.69) is 53.2 Å². The molecular weight excluding hydrogens is 508 g/mol. The van der Waals surface area contributed by atoms with Crippen LogP contribution in [0.2, 0.25) is 0 Å². The molecule has 0 amide bonds. The Morgan fingerprint density at radius 1 is 1.08 bits per heavy atom. The molecule has 2 heterocycles. The number of para-hydroxylation sites is 1. The number of fused-ring (bicyclic) bond motifs is 1. The molecule has 1 aliphatic heterocycles. The fourth-order valence-corrected chi connectivity index (χ4v) is 6.18. The number of allylic oxidation sites excluding steroid dienone is 1. The Morgan fingerprint density at radius 2 is 1.90 bits per heavy atom. The number of hydrogen-bond donors (Lipinski definition) is 3. The molecule has 0 bridgehead atoms. The Bertz CT molecular complexity index is 1400. The van der Waals surface area contributed by atoms with Crippen molar-refractivity contribution < 1.29 is 8.95 Å². The summed E-state index contributed by atoms with van der Waals surface area (Å²) in [7, 11) is 4.85. The van der Waals surface area contributed by atoms with E-state index in [1.807, 2.05) is 44.2 Å². The largest absolute Gasteiger partial charge is 0.495 e. The first-order valence-electron chi connectivity index (χ1n) is 13.6. The van der Waals surface area contributed by atoms with Crippen LogP contribution in [0.15, 0.2) is 53.4 Å². The average Bonchev–Trinajstić information content (AvgIpc) is 3.42. The number of aromatic nitrogens is 2. The number of benzene rings is 2. The fraction of sp³-hybridized carbons (Fsp3) is 0.400. The van der Waals surface area contributed by atoms with Crippen molar-refractivity contribution in [3.8, 4) is 5.75 Å². The molecule has 3 aromatic rings. The van der Waals surface area contributed by atoms with E-state index in [0.717, 1.165) is 65.6 Å². The van der Waals surface area contributed by atoms with Gasteiger partial charge in [0.1, 0.15) is 17.4 Å². The van der Waals surface area contributed by atoms with Crippen LogP contribution < -0.4 is 20.7 Å². The maximum atomic E-state index is 12.9. The Kier molecular flexibility index (Phi) is 8.18. The van der Waals surface area contributed by atoms with Crippen molar-refractivity contribution in [1.82, 2.24) is 14.9 Å². The molecule has 2 aliphatic rings. The van der Waals surface area contributed by atoms with Gasteiger partial charge in [-0.2, -0.15) is 9.97 Å². The summed E-state index contributed by atoms with van der Waals surface area (Å²) in [5.74, 6) is 2.72. The summed E-state index contributed by atoms with van der Waals surface area (Å²) in [6.07, 6.45) is 6.43. The molecule has 0 spiro atoms. The van der Waals surface area contributed by atoms with Crippen molar-refractivity contribution in [1.29, 1.82) is 0 Å². The van der Waals surface area contributed by atoms with E-state index in [1.165, 1.54) is 11.1 Å². The summed E-state index contributed by atoms with van der Waals surface area (Å²) < 4.78 is 18.7. The van der Waals surface area contributed by atoms with Gasteiger partial charge in [0, 0.05) is 23.4 Å². The Labute approximate surface area is 233 Å². The minimum atomic E-state index is -1.13. The van der Waals surface area contributed by atoms with Gasteiger partial charge in [-0.25, -0.2) is 0 Å². The van der Waals surface area contributed by atoms with Gasteiger partial charge in [-0.3, -0.25) is 4.21 Å². The fourth-order valence-electron chi connectivity index (χ4n) is 5.13. The van der Waals surface area contributed by atoms with Gasteiger partial charge in [-0.15, -0.1) is 0 Å². The monoisotopic (exact) mass is 546 g/mol. The second kappa shape index (κ2) is 11.8. The highest BCUT2D eigenvalue weighted by molar-refractivity contribution is 7.85. The summed E-state index contributed by atoms with van der Waals surface area (Å²) in [5.41, 5.74) is 5.16. The predicted octanol–water partition coefficient (Wildman–Crippen LogP) is 5.95. The first-order chi connectivity index (χ1) is 18.8. The summed E-state index contributed by atoms with van der Waals surface area (Å²) in [6.45, 7) is 4.72. The van der Waals surface area contributed by atoms with Crippen molar-refractivity contribution in [2.24, 2.45) is 0 Å². The number of anilines is 5. The lowest BCUT2D eigenvalue weighted by Gasteiger charge is -2.28. The van der Waals surface area contributed by atoms with Crippen LogP contribution in [-0.2, 0) is 17.2 Å². The van der Waals surface area contributed by atoms with Crippen molar-refractivity contribution in [2.75, 3.05) is 43.7 Å². The number of rotatable bonds is 9. The van der Waals surface area contributed by atoms with Crippen LogP contribution in [0, 0.1) is 0 Å². The molecule has 8 nitrogen and oxygen atoms in total. The predicted molar refractivity (Wildman–Crippen MR) is 161 cm³/mol. The second-order valence-electron chi connectivity index (χ2n) is 10.5. The quantitative estimate of drug-likeness (QED) is 0.303. The standard InChI is InChI=1S/C30H38N6O2S/c1-19(2)39(37)27-9-7-6-8-25(27)32-29-23-16-17-31-28(23)34-30(35-29)33-24-15-12-21(18-26(24)38-5)20-10-13-22(14-11-20)36(3)4/h6-10,12,15,18-19,22H,11,13-14,16-17H2,1-5H3,(H3,31,32,33,34,35). The maximum absolute atomic E-state index is 12.9. The average molecular weight is 547 g/mol. The number of nitrogens with one attached hydrogen (secondary N) is 3. The van der Waals surface area contributed by atoms with E-state index in [9.17, 15) is 4.21 Å². The smallest absolute Gasteiger partial charge is 0.231 e. The SMILES string of the molecule is COc1cc(C2=CCC(N(C)C)CC2)ccc1Nc1nc2c(c(Nc3ccccc3S(=O)C(C)C)n1)CCN2. The van der Waals surface area contributed by atoms with Crippen molar-refractivity contribution >= 4 is 45.3 Å². The lowest BCUT2D eigenvalue weighted by Crippen LogP contribution is -2.28. The molecule has 0 radical (unpaired) electrons. The Hall–Kier alpha value is -3.43. The van der Waals surface area contributed by atoms with Gasteiger partial charge in [-0.1, -0.05) is 38.1 Å². The third-order valence-electron chi connectivity index (χ3n) is 7.39. The van der Waals surface area contributed by atoms with Crippen LogP contribution in [0.4, 0.5) is 29.0 Å². The van der Waals surface area contributed by atoms with Gasteiger partial charge in [0.05, 0.1) is 34.2 Å². The second-order valence-corrected chi connectivity index (χ2v) is 12.5. The molecule has 206 valence electrons. The van der Waals surface area contributed by atoms with E-state index in [4.69, 9.17) is 14.7 Å². The minimum absolute atomic E-state index is 0.0113. The molecule has 3 N–H and O–H groups in total. The molecule has 1 aliphatic carbocycles. The highest BCUT2D eigenvalue weighted by atomic mass is 32.2. The number of ether oxygens (including phenoxy) is 1. The van der Waals surface area contributed by atoms with Gasteiger partial charge >= 0.3 is 0 Å². The minimum Gasteiger partial charge on any atom is -0.495 e. The van der Waals surface area contributed by atoms with Crippen LogP contribution in [-0.4, -0.2) is 58.1 Å². The van der Waals surface area contributed by atoms with Crippen molar-refractivity contribution in [3.05, 3.63) is 59.7 Å². The lowest BCUT2D eigenvalue weighted by atomic mass is 9.90. The van der Waals surface area contributed by atoms with Crippen LogP contribution in [0.25, 0.3) is 5.57 Å². The third-order valence-corrected chi connectivity index (χ3v) is 9.04. The molecule has 39 heavy (non-hydrogen) atoms.